The molecule has 0 aliphatic heterocycles. The van der Waals surface area contributed by atoms with Gasteiger partial charge in [-0.25, -0.2) is 4.98 Å². The first-order chi connectivity index (χ1) is 20.3. The summed E-state index contributed by atoms with van der Waals surface area (Å²) in [5.41, 5.74) is 3.40. The van der Waals surface area contributed by atoms with E-state index in [0.29, 0.717) is 10.6 Å². The van der Waals surface area contributed by atoms with Crippen molar-refractivity contribution < 1.29 is 4.43 Å². The summed E-state index contributed by atoms with van der Waals surface area (Å²) < 4.78 is 8.60. The molecule has 1 heterocycles. The Hall–Kier alpha value is -4.18. The highest BCUT2D eigenvalue weighted by atomic mass is 32.1. The molecule has 0 saturated carbocycles. The number of anilines is 1. The van der Waals surface area contributed by atoms with Gasteiger partial charge in [0.15, 0.2) is 0 Å². The highest BCUT2D eigenvalue weighted by molar-refractivity contribution is 7.19. The van der Waals surface area contributed by atoms with Gasteiger partial charge >= 0.3 is 8.32 Å². The van der Waals surface area contributed by atoms with Crippen molar-refractivity contribution in [3.05, 3.63) is 114 Å². The van der Waals surface area contributed by atoms with Crippen LogP contribution in [0.1, 0.15) is 45.2 Å². The molecule has 42 heavy (non-hydrogen) atoms. The number of nitrogens with zero attached hydrogens (tertiary/aromatic N) is 3. The van der Waals surface area contributed by atoms with E-state index in [9.17, 15) is 5.26 Å². The molecule has 0 saturated heterocycles. The van der Waals surface area contributed by atoms with E-state index in [-0.39, 0.29) is 5.04 Å². The number of hydrogen-bond donors (Lipinski definition) is 0. The third kappa shape index (κ3) is 5.63. The molecule has 5 aromatic rings. The van der Waals surface area contributed by atoms with Crippen LogP contribution in [-0.4, -0.2) is 26.4 Å². The van der Waals surface area contributed by atoms with Crippen LogP contribution in [0.3, 0.4) is 0 Å². The van der Waals surface area contributed by atoms with Crippen LogP contribution in [0, 0.1) is 11.3 Å². The fourth-order valence-electron chi connectivity index (χ4n) is 5.62. The van der Waals surface area contributed by atoms with Gasteiger partial charge in [0.25, 0.3) is 0 Å². The Labute approximate surface area is 254 Å². The monoisotopic (exact) mass is 587 g/mol. The summed E-state index contributed by atoms with van der Waals surface area (Å²) in [7, 11) is -2.91. The minimum absolute atomic E-state index is 0.201. The maximum absolute atomic E-state index is 10.3. The molecular weight excluding hydrogens is 551 g/mol. The smallest absolute Gasteiger partial charge is 0.319 e. The van der Waals surface area contributed by atoms with Crippen LogP contribution in [0.15, 0.2) is 103 Å². The van der Waals surface area contributed by atoms with Crippen LogP contribution in [-0.2, 0) is 0 Å². The predicted molar refractivity (Wildman–Crippen MR) is 181 cm³/mol. The summed E-state index contributed by atoms with van der Waals surface area (Å²) >= 11 is 1.54. The van der Waals surface area contributed by atoms with Gasteiger partial charge in [0.2, 0.25) is 0 Å². The number of para-hydroxylation sites is 1. The Morgan fingerprint density at radius 1 is 0.881 bits per heavy atom. The van der Waals surface area contributed by atoms with Gasteiger partial charge in [-0.3, -0.25) is 0 Å². The van der Waals surface area contributed by atoms with Gasteiger partial charge in [0, 0.05) is 30.4 Å². The molecule has 0 N–H and O–H groups in total. The lowest BCUT2D eigenvalue weighted by molar-refractivity contribution is 0.507. The number of rotatable bonds is 9. The number of hydrogen-bond acceptors (Lipinski definition) is 5. The molecule has 5 rings (SSSR count). The van der Waals surface area contributed by atoms with Crippen LogP contribution in [0.5, 0.6) is 5.75 Å². The van der Waals surface area contributed by atoms with E-state index in [2.05, 4.69) is 124 Å². The third-order valence-electron chi connectivity index (χ3n) is 7.75. The fraction of sp³-hybridized carbons (Fsp3) is 0.222. The molecule has 0 spiro atoms. The molecule has 0 aliphatic carbocycles. The van der Waals surface area contributed by atoms with Crippen LogP contribution in [0.4, 0.5) is 5.69 Å². The molecule has 0 bridgehead atoms. The summed E-state index contributed by atoms with van der Waals surface area (Å²) in [5, 5.41) is 13.2. The molecule has 0 aliphatic rings. The van der Waals surface area contributed by atoms with E-state index in [4.69, 9.17) is 9.41 Å². The lowest BCUT2D eigenvalue weighted by Crippen LogP contribution is -2.68. The highest BCUT2D eigenvalue weighted by Crippen LogP contribution is 2.40. The molecule has 212 valence electrons. The number of allylic oxidation sites excluding steroid dienone is 1. The van der Waals surface area contributed by atoms with Crippen molar-refractivity contribution in [3.63, 3.8) is 0 Å². The van der Waals surface area contributed by atoms with Crippen molar-refractivity contribution in [2.45, 2.75) is 39.7 Å². The molecule has 4 aromatic carbocycles. The number of aromatic nitrogens is 1. The van der Waals surface area contributed by atoms with E-state index < -0.39 is 8.32 Å². The summed E-state index contributed by atoms with van der Waals surface area (Å²) in [6.07, 6.45) is 1.94. The average molecular weight is 588 g/mol. The predicted octanol–water partition coefficient (Wildman–Crippen LogP) is 8.15. The molecule has 0 amide bonds. The zero-order valence-corrected chi connectivity index (χ0v) is 26.8. The lowest BCUT2D eigenvalue weighted by atomic mass is 10.1. The van der Waals surface area contributed by atoms with E-state index in [1.165, 1.54) is 21.7 Å². The van der Waals surface area contributed by atoms with Crippen molar-refractivity contribution in [1.82, 2.24) is 4.98 Å². The van der Waals surface area contributed by atoms with Crippen LogP contribution in [0.2, 0.25) is 5.04 Å². The highest BCUT2D eigenvalue weighted by Gasteiger charge is 2.52. The molecule has 4 nitrogen and oxygen atoms in total. The second-order valence-electron chi connectivity index (χ2n) is 11.3. The number of thiazole rings is 1. The largest absolute Gasteiger partial charge is 0.534 e. The molecule has 6 heteroatoms. The molecule has 1 aromatic heterocycles. The Morgan fingerprint density at radius 2 is 1.48 bits per heavy atom. The Morgan fingerprint density at radius 3 is 2.02 bits per heavy atom. The Kier molecular flexibility index (Phi) is 8.63. The summed E-state index contributed by atoms with van der Waals surface area (Å²) in [4.78, 5) is 7.10. The Balaban J connectivity index is 1.74. The topological polar surface area (TPSA) is 49.2 Å². The van der Waals surface area contributed by atoms with Gasteiger partial charge in [0.1, 0.15) is 16.8 Å². The quantitative estimate of drug-likeness (QED) is 0.129. The zero-order chi connectivity index (χ0) is 29.7. The molecule has 0 unspecified atom stereocenters. The first-order valence-electron chi connectivity index (χ1n) is 14.5. The maximum Gasteiger partial charge on any atom is 0.319 e. The lowest BCUT2D eigenvalue weighted by Gasteiger charge is -2.43. The summed E-state index contributed by atoms with van der Waals surface area (Å²) in [5.74, 6) is 0.780. The van der Waals surface area contributed by atoms with Crippen LogP contribution in [0.25, 0.3) is 21.9 Å². The summed E-state index contributed by atoms with van der Waals surface area (Å²) in [6, 6.07) is 38.1. The van der Waals surface area contributed by atoms with Crippen molar-refractivity contribution in [3.8, 4) is 11.8 Å². The summed E-state index contributed by atoms with van der Waals surface area (Å²) in [6.45, 7) is 13.0. The van der Waals surface area contributed by atoms with Crippen molar-refractivity contribution in [2.24, 2.45) is 0 Å². The van der Waals surface area contributed by atoms with Crippen LogP contribution >= 0.6 is 11.3 Å². The first kappa shape index (κ1) is 29.3. The zero-order valence-electron chi connectivity index (χ0n) is 25.0. The molecular formula is C36H37N3OSSi. The normalized spacial score (nSPS) is 12.2. The van der Waals surface area contributed by atoms with Gasteiger partial charge < -0.3 is 9.33 Å². The SMILES string of the molecule is CCN(CC)c1ccc(/C=C(\C#N)c2nc3ccccc3s2)c(O[Si](c2ccccc2)(c2ccccc2)C(C)(C)C)c1. The first-order valence-corrected chi connectivity index (χ1v) is 17.2. The van der Waals surface area contributed by atoms with Gasteiger partial charge in [-0.15, -0.1) is 11.3 Å². The van der Waals surface area contributed by atoms with E-state index in [1.807, 2.05) is 30.3 Å². The van der Waals surface area contributed by atoms with E-state index in [0.717, 1.165) is 40.3 Å². The molecule has 0 atom stereocenters. The van der Waals surface area contributed by atoms with E-state index in [1.54, 1.807) is 0 Å². The number of fused-ring (bicyclic) bond motifs is 1. The Bertz CT molecular complexity index is 1660. The molecule has 0 fully saturated rings. The van der Waals surface area contributed by atoms with Gasteiger partial charge in [-0.05, 0) is 59.6 Å². The average Bonchev–Trinajstić information content (AvgIpc) is 3.44. The standard InChI is InChI=1S/C36H37N3OSSi/c1-6-39(7-2)29-23-22-27(24-28(26-37)35-38-32-20-14-15-21-34(32)41-35)33(25-29)40-42(36(3,4)5,30-16-10-8-11-17-30)31-18-12-9-13-19-31/h8-25H,6-7H2,1-5H3/b28-24+. The maximum atomic E-state index is 10.3. The fourth-order valence-corrected chi connectivity index (χ4v) is 11.0. The van der Waals surface area contributed by atoms with Crippen molar-refractivity contribution in [2.75, 3.05) is 18.0 Å². The minimum atomic E-state index is -2.91. The van der Waals surface area contributed by atoms with Crippen molar-refractivity contribution >= 4 is 57.6 Å². The third-order valence-corrected chi connectivity index (χ3v) is 13.8. The van der Waals surface area contributed by atoms with Crippen LogP contribution < -0.4 is 19.7 Å². The molecule has 0 radical (unpaired) electrons. The second kappa shape index (κ2) is 12.4. The van der Waals surface area contributed by atoms with Gasteiger partial charge in [-0.1, -0.05) is 93.6 Å². The number of benzene rings is 4. The van der Waals surface area contributed by atoms with Gasteiger partial charge in [-0.2, -0.15) is 5.26 Å². The van der Waals surface area contributed by atoms with Crippen molar-refractivity contribution in [1.29, 1.82) is 5.26 Å². The van der Waals surface area contributed by atoms with E-state index >= 15 is 0 Å². The second-order valence-corrected chi connectivity index (χ2v) is 16.6. The number of nitriles is 1. The van der Waals surface area contributed by atoms with Gasteiger partial charge in [0.05, 0.1) is 15.8 Å². The minimum Gasteiger partial charge on any atom is -0.534 e.